The highest BCUT2D eigenvalue weighted by atomic mass is 19.4. The summed E-state index contributed by atoms with van der Waals surface area (Å²) >= 11 is 0. The second kappa shape index (κ2) is 12.6. The summed E-state index contributed by atoms with van der Waals surface area (Å²) in [5.41, 5.74) is 0. The molecule has 0 aromatic rings. The van der Waals surface area contributed by atoms with Gasteiger partial charge in [-0.05, 0) is 0 Å². The summed E-state index contributed by atoms with van der Waals surface area (Å²) in [5, 5.41) is 0. The number of rotatable bonds is 5. The molecule has 0 radical (unpaired) electrons. The average molecular weight is 516 g/mol. The first-order valence-electron chi connectivity index (χ1n) is 6.78. The molecule has 0 aliphatic heterocycles. The second-order valence-electron chi connectivity index (χ2n) is 4.65. The van der Waals surface area contributed by atoms with E-state index in [-0.39, 0.29) is 0 Å². The maximum atomic E-state index is 11.2. The number of hydrogen-bond acceptors (Lipinski definition) is 2. The van der Waals surface area contributed by atoms with Crippen molar-refractivity contribution in [2.75, 3.05) is 19.9 Å². The molecule has 0 aromatic carbocycles. The lowest BCUT2D eigenvalue weighted by Gasteiger charge is -2.14. The highest BCUT2D eigenvalue weighted by Crippen LogP contribution is 2.35. The Kier molecular flexibility index (Phi) is 14.0. The van der Waals surface area contributed by atoms with Gasteiger partial charge in [0, 0.05) is 0 Å². The predicted octanol–water partition coefficient (Wildman–Crippen LogP) is 7.10. The minimum Gasteiger partial charge on any atom is -0.292 e. The van der Waals surface area contributed by atoms with Crippen molar-refractivity contribution in [1.29, 1.82) is 0 Å². The van der Waals surface area contributed by atoms with E-state index >= 15 is 0 Å². The summed E-state index contributed by atoms with van der Waals surface area (Å²) in [7, 11) is 0. The Hall–Kier alpha value is -1.34. The fraction of sp³-hybridized carbons (Fsp3) is 1.00. The first-order valence-corrected chi connectivity index (χ1v) is 6.78. The van der Waals surface area contributed by atoms with E-state index in [9.17, 15) is 79.0 Å². The Bertz CT molecular complexity index is 396. The van der Waals surface area contributed by atoms with E-state index in [1.54, 1.807) is 0 Å². The van der Waals surface area contributed by atoms with Crippen LogP contribution >= 0.6 is 0 Å². The fourth-order valence-electron chi connectivity index (χ4n) is 0.641. The molecule has 0 saturated carbocycles. The molecule has 20 heteroatoms. The van der Waals surface area contributed by atoms with Crippen LogP contribution in [0.15, 0.2) is 0 Å². The lowest BCUT2D eigenvalue weighted by molar-refractivity contribution is -0.331. The molecule has 31 heavy (non-hydrogen) atoms. The largest absolute Gasteiger partial charge is 0.522 e. The van der Waals surface area contributed by atoms with Crippen LogP contribution in [0.25, 0.3) is 0 Å². The van der Waals surface area contributed by atoms with E-state index in [0.29, 0.717) is 0 Å². The molecule has 0 amide bonds. The van der Waals surface area contributed by atoms with Gasteiger partial charge in [0.25, 0.3) is 0 Å². The molecule has 0 aromatic heterocycles. The van der Waals surface area contributed by atoms with Crippen LogP contribution in [0.5, 0.6) is 0 Å². The number of hydrogen-bond donors (Lipinski definition) is 0. The Morgan fingerprint density at radius 2 is 0.710 bits per heavy atom. The van der Waals surface area contributed by atoms with Crippen molar-refractivity contribution in [1.82, 2.24) is 0 Å². The van der Waals surface area contributed by atoms with Crippen LogP contribution in [0.3, 0.4) is 0 Å². The maximum Gasteiger partial charge on any atom is 0.522 e. The van der Waals surface area contributed by atoms with Gasteiger partial charge in [0.1, 0.15) is 0 Å². The van der Waals surface area contributed by atoms with Crippen molar-refractivity contribution in [3.63, 3.8) is 0 Å². The molecule has 192 valence electrons. The van der Waals surface area contributed by atoms with Gasteiger partial charge in [-0.2, -0.15) is 48.3 Å². The zero-order valence-electron chi connectivity index (χ0n) is 14.2. The van der Waals surface area contributed by atoms with Gasteiger partial charge in [0.2, 0.25) is 0 Å². The Labute approximate surface area is 160 Å². The molecular weight excluding hydrogens is 506 g/mol. The van der Waals surface area contributed by atoms with Crippen molar-refractivity contribution in [2.24, 2.45) is 0 Å². The summed E-state index contributed by atoms with van der Waals surface area (Å²) in [6, 6.07) is 0. The maximum absolute atomic E-state index is 11.2. The summed E-state index contributed by atoms with van der Waals surface area (Å²) in [5.74, 6) is -5.19. The summed E-state index contributed by atoms with van der Waals surface area (Å²) < 4.78 is 205. The molecule has 0 spiro atoms. The van der Waals surface area contributed by atoms with Gasteiger partial charge < -0.3 is 0 Å². The monoisotopic (exact) mass is 516 g/mol. The van der Waals surface area contributed by atoms with E-state index in [2.05, 4.69) is 9.47 Å². The van der Waals surface area contributed by atoms with Crippen LogP contribution in [0.2, 0.25) is 0 Å². The third-order valence-corrected chi connectivity index (χ3v) is 1.89. The van der Waals surface area contributed by atoms with E-state index in [1.807, 2.05) is 0 Å². The molecule has 0 aliphatic rings. The van der Waals surface area contributed by atoms with Gasteiger partial charge in [0.05, 0.1) is 26.1 Å². The lowest BCUT2D eigenvalue weighted by Crippen LogP contribution is -2.38. The number of alkyl halides is 18. The average Bonchev–Trinajstić information content (AvgIpc) is 2.41. The number of halogens is 18. The summed E-state index contributed by atoms with van der Waals surface area (Å²) in [4.78, 5) is 0. The second-order valence-corrected chi connectivity index (χ2v) is 4.65. The van der Waals surface area contributed by atoms with Crippen molar-refractivity contribution >= 4 is 0 Å². The zero-order valence-corrected chi connectivity index (χ0v) is 14.2. The first kappa shape index (κ1) is 34.3. The normalized spacial score (nSPS) is 13.7. The number of ether oxygens (including phenoxy) is 2. The molecule has 0 heterocycles. The van der Waals surface area contributed by atoms with Crippen molar-refractivity contribution < 1.29 is 88.5 Å². The van der Waals surface area contributed by atoms with Gasteiger partial charge in [-0.3, -0.25) is 9.47 Å². The molecule has 0 N–H and O–H groups in total. The molecular formula is C11H10F18O2. The van der Waals surface area contributed by atoms with Crippen molar-refractivity contribution in [3.8, 4) is 0 Å². The molecule has 0 aliphatic carbocycles. The minimum absolute atomic E-state index is 1.38. The van der Waals surface area contributed by atoms with Crippen LogP contribution in [-0.4, -0.2) is 57.1 Å². The van der Waals surface area contributed by atoms with Crippen molar-refractivity contribution in [2.45, 2.75) is 50.0 Å². The van der Waals surface area contributed by atoms with Crippen molar-refractivity contribution in [3.05, 3.63) is 0 Å². The highest BCUT2D eigenvalue weighted by Gasteiger charge is 2.57. The third-order valence-electron chi connectivity index (χ3n) is 1.89. The minimum atomic E-state index is -5.76. The topological polar surface area (TPSA) is 18.5 Å². The van der Waals surface area contributed by atoms with E-state index in [4.69, 9.17) is 0 Å². The van der Waals surface area contributed by atoms with E-state index in [0.717, 1.165) is 0 Å². The fourth-order valence-corrected chi connectivity index (χ4v) is 0.641. The van der Waals surface area contributed by atoms with Gasteiger partial charge >= 0.3 is 37.2 Å². The van der Waals surface area contributed by atoms with Gasteiger partial charge in [-0.15, -0.1) is 26.3 Å². The summed E-state index contributed by atoms with van der Waals surface area (Å²) in [6.45, 7) is -5.46. The van der Waals surface area contributed by atoms with Gasteiger partial charge in [0.15, 0.2) is 6.67 Å². The molecule has 0 atom stereocenters. The zero-order chi connectivity index (χ0) is 25.9. The molecule has 0 rings (SSSR count). The quantitative estimate of drug-likeness (QED) is 0.363. The first-order chi connectivity index (χ1) is 13.2. The van der Waals surface area contributed by atoms with Crippen LogP contribution in [0.1, 0.15) is 12.8 Å². The van der Waals surface area contributed by atoms with Gasteiger partial charge in [-0.1, -0.05) is 0 Å². The standard InChI is InChI=1S/2C4H4F6O.C3H2F6/c2*5-3(6,7)1-2-11-4(8,9)10;4-1-2(5,6)3(7,8)9/h2*1-2H2;1H2. The lowest BCUT2D eigenvalue weighted by atomic mass is 10.4. The Morgan fingerprint density at radius 1 is 0.452 bits per heavy atom. The predicted molar refractivity (Wildman–Crippen MR) is 62.3 cm³/mol. The summed E-state index contributed by atoms with van der Waals surface area (Å²) in [6.07, 6.45) is -28.1. The molecule has 0 fully saturated rings. The van der Waals surface area contributed by atoms with E-state index in [1.165, 1.54) is 0 Å². The van der Waals surface area contributed by atoms with Crippen LogP contribution < -0.4 is 0 Å². The van der Waals surface area contributed by atoms with Gasteiger partial charge in [-0.25, -0.2) is 4.39 Å². The molecule has 2 nitrogen and oxygen atoms in total. The third kappa shape index (κ3) is 28.7. The van der Waals surface area contributed by atoms with Crippen LogP contribution in [0, 0.1) is 0 Å². The SMILES string of the molecule is FC(F)(F)CCOC(F)(F)F.FC(F)(F)CCOC(F)(F)F.FCC(F)(F)C(F)(F)F. The molecule has 0 unspecified atom stereocenters. The van der Waals surface area contributed by atoms with Crippen LogP contribution in [-0.2, 0) is 9.47 Å². The smallest absolute Gasteiger partial charge is 0.292 e. The van der Waals surface area contributed by atoms with E-state index < -0.39 is 69.9 Å². The Morgan fingerprint density at radius 3 is 0.806 bits per heavy atom. The van der Waals surface area contributed by atoms with Crippen LogP contribution in [0.4, 0.5) is 79.0 Å². The Balaban J connectivity index is -0.000000382. The highest BCUT2D eigenvalue weighted by molar-refractivity contribution is 4.73. The molecule has 0 bridgehead atoms. The molecule has 0 saturated heterocycles.